The highest BCUT2D eigenvalue weighted by atomic mass is 79.9. The van der Waals surface area contributed by atoms with Crippen LogP contribution in [0.25, 0.3) is 0 Å². The summed E-state index contributed by atoms with van der Waals surface area (Å²) in [5.74, 6) is 0.815. The minimum absolute atomic E-state index is 0.780. The van der Waals surface area contributed by atoms with Gasteiger partial charge in [-0.3, -0.25) is 0 Å². The van der Waals surface area contributed by atoms with E-state index in [2.05, 4.69) is 40.7 Å². The average Bonchev–Trinajstić information content (AvgIpc) is 2.42. The molecule has 0 aromatic heterocycles. The minimum atomic E-state index is 0.780. The largest absolute Gasteiger partial charge is 0.496 e. The third kappa shape index (κ3) is 2.75. The van der Waals surface area contributed by atoms with Gasteiger partial charge in [0.15, 0.2) is 0 Å². The van der Waals surface area contributed by atoms with Crippen molar-refractivity contribution < 1.29 is 4.74 Å². The summed E-state index contributed by atoms with van der Waals surface area (Å²) in [7, 11) is 3.67. The summed E-state index contributed by atoms with van der Waals surface area (Å²) in [6.45, 7) is 4.16. The maximum atomic E-state index is 6.14. The lowest BCUT2D eigenvalue weighted by atomic mass is 10.1. The van der Waals surface area contributed by atoms with E-state index in [1.807, 2.05) is 31.3 Å². The fourth-order valence-corrected chi connectivity index (χ4v) is 2.65. The van der Waals surface area contributed by atoms with Crippen LogP contribution in [0.4, 0.5) is 17.1 Å². The fraction of sp³-hybridized carbons (Fsp3) is 0.250. The maximum absolute atomic E-state index is 6.14. The number of anilines is 3. The van der Waals surface area contributed by atoms with Crippen LogP contribution >= 0.6 is 15.9 Å². The zero-order valence-corrected chi connectivity index (χ0v) is 13.8. The Balaban J connectivity index is 2.43. The number of hydrogen-bond donors (Lipinski definition) is 1. The van der Waals surface area contributed by atoms with Crippen LogP contribution in [0.2, 0.25) is 0 Å². The number of hydrogen-bond acceptors (Lipinski definition) is 3. The van der Waals surface area contributed by atoms with Crippen LogP contribution in [0.15, 0.2) is 34.8 Å². The average molecular weight is 335 g/mol. The Morgan fingerprint density at radius 1 is 1.10 bits per heavy atom. The Hall–Kier alpha value is -1.68. The van der Waals surface area contributed by atoms with Crippen LogP contribution in [0.3, 0.4) is 0 Å². The second-order valence-corrected chi connectivity index (χ2v) is 5.73. The minimum Gasteiger partial charge on any atom is -0.496 e. The van der Waals surface area contributed by atoms with Crippen LogP contribution in [-0.4, -0.2) is 14.2 Å². The van der Waals surface area contributed by atoms with Crippen molar-refractivity contribution in [2.24, 2.45) is 0 Å². The van der Waals surface area contributed by atoms with Gasteiger partial charge in [0.05, 0.1) is 23.0 Å². The molecule has 0 heterocycles. The molecule has 0 saturated heterocycles. The third-order valence-electron chi connectivity index (χ3n) is 3.53. The van der Waals surface area contributed by atoms with Gasteiger partial charge in [0.25, 0.3) is 0 Å². The summed E-state index contributed by atoms with van der Waals surface area (Å²) in [4.78, 5) is 2.08. The summed E-state index contributed by atoms with van der Waals surface area (Å²) >= 11 is 3.51. The number of rotatable bonds is 3. The molecular formula is C16H19BrN2O. The van der Waals surface area contributed by atoms with E-state index in [4.69, 9.17) is 10.5 Å². The standard InChI is InChI=1S/C16H19BrN2O/c1-10-7-14(18)15(8-11(10)2)19(3)12-5-6-16(20-4)13(17)9-12/h5-9H,18H2,1-4H3. The molecular weight excluding hydrogens is 316 g/mol. The molecule has 0 amide bonds. The molecule has 2 aromatic rings. The third-order valence-corrected chi connectivity index (χ3v) is 4.15. The number of nitrogens with zero attached hydrogens (tertiary/aromatic N) is 1. The summed E-state index contributed by atoms with van der Waals surface area (Å²) in [5, 5.41) is 0. The molecule has 2 rings (SSSR count). The number of ether oxygens (including phenoxy) is 1. The fourth-order valence-electron chi connectivity index (χ4n) is 2.12. The second-order valence-electron chi connectivity index (χ2n) is 4.87. The molecule has 2 aromatic carbocycles. The lowest BCUT2D eigenvalue weighted by molar-refractivity contribution is 0.412. The van der Waals surface area contributed by atoms with Gasteiger partial charge in [0, 0.05) is 12.7 Å². The monoisotopic (exact) mass is 334 g/mol. The van der Waals surface area contributed by atoms with Gasteiger partial charge in [0.2, 0.25) is 0 Å². The highest BCUT2D eigenvalue weighted by Crippen LogP contribution is 2.35. The summed E-state index contributed by atoms with van der Waals surface area (Å²) < 4.78 is 6.18. The molecule has 0 radical (unpaired) electrons. The smallest absolute Gasteiger partial charge is 0.133 e. The number of halogens is 1. The SMILES string of the molecule is COc1ccc(N(C)c2cc(C)c(C)cc2N)cc1Br. The number of nitrogens with two attached hydrogens (primary N) is 1. The molecule has 106 valence electrons. The number of benzene rings is 2. The predicted octanol–water partition coefficient (Wildman–Crippen LogP) is 4.42. The Kier molecular flexibility index (Phi) is 4.23. The molecule has 0 bridgehead atoms. The van der Waals surface area contributed by atoms with Crippen molar-refractivity contribution in [2.45, 2.75) is 13.8 Å². The molecule has 20 heavy (non-hydrogen) atoms. The maximum Gasteiger partial charge on any atom is 0.133 e. The molecule has 0 aliphatic heterocycles. The van der Waals surface area contributed by atoms with Gasteiger partial charge in [0.1, 0.15) is 5.75 Å². The van der Waals surface area contributed by atoms with E-state index in [0.717, 1.165) is 27.3 Å². The molecule has 0 aliphatic carbocycles. The van der Waals surface area contributed by atoms with Crippen LogP contribution < -0.4 is 15.4 Å². The molecule has 4 heteroatoms. The van der Waals surface area contributed by atoms with E-state index in [0.29, 0.717) is 0 Å². The van der Waals surface area contributed by atoms with Gasteiger partial charge in [-0.05, 0) is 71.2 Å². The Labute approximate surface area is 128 Å². The Bertz CT molecular complexity index is 641. The second kappa shape index (κ2) is 5.75. The van der Waals surface area contributed by atoms with Crippen molar-refractivity contribution in [2.75, 3.05) is 24.8 Å². The van der Waals surface area contributed by atoms with E-state index in [9.17, 15) is 0 Å². The Morgan fingerprint density at radius 3 is 2.35 bits per heavy atom. The van der Waals surface area contributed by atoms with Gasteiger partial charge in [-0.15, -0.1) is 0 Å². The van der Waals surface area contributed by atoms with Gasteiger partial charge < -0.3 is 15.4 Å². The molecule has 0 saturated carbocycles. The first-order valence-corrected chi connectivity index (χ1v) is 7.17. The Morgan fingerprint density at radius 2 is 1.75 bits per heavy atom. The van der Waals surface area contributed by atoms with Gasteiger partial charge in [-0.2, -0.15) is 0 Å². The van der Waals surface area contributed by atoms with Crippen molar-refractivity contribution in [1.82, 2.24) is 0 Å². The van der Waals surface area contributed by atoms with Gasteiger partial charge in [-0.1, -0.05) is 0 Å². The lowest BCUT2D eigenvalue weighted by Crippen LogP contribution is -2.12. The number of aryl methyl sites for hydroxylation is 2. The highest BCUT2D eigenvalue weighted by Gasteiger charge is 2.11. The van der Waals surface area contributed by atoms with E-state index in [1.54, 1.807) is 7.11 Å². The number of methoxy groups -OCH3 is 1. The highest BCUT2D eigenvalue weighted by molar-refractivity contribution is 9.10. The van der Waals surface area contributed by atoms with Crippen LogP contribution in [0.5, 0.6) is 5.75 Å². The van der Waals surface area contributed by atoms with E-state index in [-0.39, 0.29) is 0 Å². The first-order chi connectivity index (χ1) is 9.43. The molecule has 2 N–H and O–H groups in total. The van der Waals surface area contributed by atoms with Crippen LogP contribution in [-0.2, 0) is 0 Å². The van der Waals surface area contributed by atoms with Crippen molar-refractivity contribution in [1.29, 1.82) is 0 Å². The van der Waals surface area contributed by atoms with Gasteiger partial charge >= 0.3 is 0 Å². The molecule has 0 unspecified atom stereocenters. The lowest BCUT2D eigenvalue weighted by Gasteiger charge is -2.23. The van der Waals surface area contributed by atoms with Crippen molar-refractivity contribution in [3.63, 3.8) is 0 Å². The van der Waals surface area contributed by atoms with Crippen molar-refractivity contribution in [3.8, 4) is 5.75 Å². The summed E-state index contributed by atoms with van der Waals surface area (Å²) in [5.41, 5.74) is 11.4. The van der Waals surface area contributed by atoms with Crippen molar-refractivity contribution in [3.05, 3.63) is 45.9 Å². The van der Waals surface area contributed by atoms with E-state index in [1.165, 1.54) is 11.1 Å². The topological polar surface area (TPSA) is 38.5 Å². The van der Waals surface area contributed by atoms with Crippen LogP contribution in [0.1, 0.15) is 11.1 Å². The zero-order chi connectivity index (χ0) is 14.9. The first-order valence-electron chi connectivity index (χ1n) is 6.38. The summed E-state index contributed by atoms with van der Waals surface area (Å²) in [6, 6.07) is 10.1. The first kappa shape index (κ1) is 14.7. The van der Waals surface area contributed by atoms with E-state index >= 15 is 0 Å². The molecule has 0 atom stereocenters. The predicted molar refractivity (Wildman–Crippen MR) is 89.1 cm³/mol. The van der Waals surface area contributed by atoms with Crippen LogP contribution in [0, 0.1) is 13.8 Å². The zero-order valence-electron chi connectivity index (χ0n) is 12.2. The summed E-state index contributed by atoms with van der Waals surface area (Å²) in [6.07, 6.45) is 0. The normalized spacial score (nSPS) is 10.4. The molecule has 0 fully saturated rings. The molecule has 3 nitrogen and oxygen atoms in total. The number of nitrogen functional groups attached to an aromatic ring is 1. The van der Waals surface area contributed by atoms with E-state index < -0.39 is 0 Å². The quantitative estimate of drug-likeness (QED) is 0.844. The van der Waals surface area contributed by atoms with Gasteiger partial charge in [-0.25, -0.2) is 0 Å². The molecule has 0 spiro atoms. The van der Waals surface area contributed by atoms with Crippen molar-refractivity contribution >= 4 is 33.0 Å². The molecule has 0 aliphatic rings.